The van der Waals surface area contributed by atoms with Crippen molar-refractivity contribution < 1.29 is 9.53 Å². The van der Waals surface area contributed by atoms with Gasteiger partial charge in [-0.05, 0) is 19.9 Å². The van der Waals surface area contributed by atoms with E-state index in [1.54, 1.807) is 6.07 Å². The molecule has 2 atom stereocenters. The van der Waals surface area contributed by atoms with Crippen LogP contribution in [0.4, 0.5) is 0 Å². The van der Waals surface area contributed by atoms with Crippen molar-refractivity contribution in [3.05, 3.63) is 41.5 Å². The van der Waals surface area contributed by atoms with Crippen LogP contribution in [0.3, 0.4) is 0 Å². The van der Waals surface area contributed by atoms with E-state index >= 15 is 0 Å². The smallest absolute Gasteiger partial charge is 0.272 e. The molecule has 2 aromatic heterocycles. The van der Waals surface area contributed by atoms with Crippen LogP contribution in [0, 0.1) is 19.8 Å². The van der Waals surface area contributed by atoms with Gasteiger partial charge in [0.2, 0.25) is 0 Å². The van der Waals surface area contributed by atoms with Crippen molar-refractivity contribution in [2.45, 2.75) is 26.4 Å². The van der Waals surface area contributed by atoms with E-state index in [9.17, 15) is 4.79 Å². The maximum Gasteiger partial charge on any atom is 0.272 e. The monoisotopic (exact) mass is 370 g/mol. The molecule has 27 heavy (non-hydrogen) atoms. The highest BCUT2D eigenvalue weighted by atomic mass is 16.5. The summed E-state index contributed by atoms with van der Waals surface area (Å²) in [5.41, 5.74) is 1.29. The predicted octanol–water partition coefficient (Wildman–Crippen LogP) is 0.800. The highest BCUT2D eigenvalue weighted by Gasteiger charge is 2.36. The number of aryl methyl sites for hydroxylation is 3. The standard InChI is InChI=1S/C19H26N6O2/c1-13-6-17(22-14(2)21-13)19(26)25-8-15-7-24(9-16(25)12-27-11-15)10-18-20-4-5-23(18)3/h4-6,15-16H,7-12H2,1-3H3/t15-,16-/m0/s1. The molecule has 0 radical (unpaired) electrons. The predicted molar refractivity (Wildman–Crippen MR) is 99.1 cm³/mol. The average Bonchev–Trinajstić information content (AvgIpc) is 2.80. The first-order chi connectivity index (χ1) is 13.0. The number of ether oxygens (including phenoxy) is 1. The third-order valence-electron chi connectivity index (χ3n) is 5.28. The molecule has 2 saturated heterocycles. The Labute approximate surface area is 159 Å². The second kappa shape index (κ2) is 7.36. The molecule has 8 heteroatoms. The third-order valence-corrected chi connectivity index (χ3v) is 5.28. The minimum atomic E-state index is -0.0251. The number of nitrogens with zero attached hydrogens (tertiary/aromatic N) is 6. The van der Waals surface area contributed by atoms with E-state index < -0.39 is 0 Å². The van der Waals surface area contributed by atoms with E-state index in [-0.39, 0.29) is 17.9 Å². The number of aromatic nitrogens is 4. The van der Waals surface area contributed by atoms with Gasteiger partial charge in [-0.3, -0.25) is 9.69 Å². The largest absolute Gasteiger partial charge is 0.379 e. The Morgan fingerprint density at radius 2 is 2.07 bits per heavy atom. The second-order valence-corrected chi connectivity index (χ2v) is 7.61. The van der Waals surface area contributed by atoms with E-state index in [2.05, 4.69) is 19.9 Å². The zero-order valence-electron chi connectivity index (χ0n) is 16.1. The lowest BCUT2D eigenvalue weighted by atomic mass is 10.1. The molecule has 2 aliphatic heterocycles. The maximum absolute atomic E-state index is 13.2. The summed E-state index contributed by atoms with van der Waals surface area (Å²) in [7, 11) is 2.01. The zero-order valence-corrected chi connectivity index (χ0v) is 16.1. The molecule has 2 aliphatic rings. The lowest BCUT2D eigenvalue weighted by Crippen LogP contribution is -2.46. The summed E-state index contributed by atoms with van der Waals surface area (Å²) in [6.45, 7) is 8.10. The van der Waals surface area contributed by atoms with Crippen LogP contribution in [0.1, 0.15) is 27.8 Å². The molecule has 144 valence electrons. The van der Waals surface area contributed by atoms with E-state index in [0.29, 0.717) is 31.3 Å². The Balaban J connectivity index is 1.56. The van der Waals surface area contributed by atoms with Gasteiger partial charge in [-0.2, -0.15) is 0 Å². The summed E-state index contributed by atoms with van der Waals surface area (Å²) < 4.78 is 7.91. The molecule has 2 aromatic rings. The Bertz CT molecular complexity index is 815. The fourth-order valence-electron chi connectivity index (χ4n) is 4.04. The van der Waals surface area contributed by atoms with Gasteiger partial charge >= 0.3 is 0 Å². The van der Waals surface area contributed by atoms with Crippen LogP contribution >= 0.6 is 0 Å². The summed E-state index contributed by atoms with van der Waals surface area (Å²) in [4.78, 5) is 30.7. The van der Waals surface area contributed by atoms with Crippen molar-refractivity contribution in [2.24, 2.45) is 13.0 Å². The molecule has 2 fully saturated rings. The van der Waals surface area contributed by atoms with Gasteiger partial charge in [0.1, 0.15) is 17.3 Å². The van der Waals surface area contributed by atoms with E-state index in [0.717, 1.165) is 31.2 Å². The minimum Gasteiger partial charge on any atom is -0.379 e. The maximum atomic E-state index is 13.2. The number of carbonyl (C=O) groups is 1. The molecular weight excluding hydrogens is 344 g/mol. The van der Waals surface area contributed by atoms with Crippen LogP contribution in [-0.2, 0) is 18.3 Å². The van der Waals surface area contributed by atoms with Gasteiger partial charge in [0.05, 0.1) is 25.8 Å². The van der Waals surface area contributed by atoms with Crippen LogP contribution in [0.15, 0.2) is 18.5 Å². The third kappa shape index (κ3) is 3.86. The molecule has 0 saturated carbocycles. The average molecular weight is 370 g/mol. The topological polar surface area (TPSA) is 76.4 Å². The van der Waals surface area contributed by atoms with Gasteiger partial charge < -0.3 is 14.2 Å². The van der Waals surface area contributed by atoms with Gasteiger partial charge in [0.25, 0.3) is 5.91 Å². The van der Waals surface area contributed by atoms with E-state index in [1.807, 2.05) is 42.8 Å². The first-order valence-corrected chi connectivity index (χ1v) is 9.39. The summed E-state index contributed by atoms with van der Waals surface area (Å²) in [5, 5.41) is 0. The Kier molecular flexibility index (Phi) is 4.92. The molecule has 1 amide bonds. The summed E-state index contributed by atoms with van der Waals surface area (Å²) in [6.07, 6.45) is 3.79. The van der Waals surface area contributed by atoms with Crippen molar-refractivity contribution in [1.82, 2.24) is 29.3 Å². The molecular formula is C19H26N6O2. The van der Waals surface area contributed by atoms with Gasteiger partial charge in [0.15, 0.2) is 0 Å². The molecule has 2 bridgehead atoms. The first kappa shape index (κ1) is 18.1. The van der Waals surface area contributed by atoms with E-state index in [1.165, 1.54) is 0 Å². The number of imidazole rings is 1. The number of hydrogen-bond acceptors (Lipinski definition) is 6. The van der Waals surface area contributed by atoms with Gasteiger partial charge in [-0.15, -0.1) is 0 Å². The SMILES string of the molecule is Cc1cc(C(=O)N2C[C@H]3COC[C@@H]2CN(Cc2nccn2C)C3)nc(C)n1. The Morgan fingerprint density at radius 3 is 2.81 bits per heavy atom. The lowest BCUT2D eigenvalue weighted by molar-refractivity contribution is 0.0415. The van der Waals surface area contributed by atoms with Gasteiger partial charge in [-0.25, -0.2) is 15.0 Å². The number of fused-ring (bicyclic) bond motifs is 3. The molecule has 0 N–H and O–H groups in total. The second-order valence-electron chi connectivity index (χ2n) is 7.61. The molecule has 4 rings (SSSR count). The molecule has 0 aromatic carbocycles. The van der Waals surface area contributed by atoms with Crippen LogP contribution in [0.2, 0.25) is 0 Å². The number of rotatable bonds is 3. The Hall–Kier alpha value is -2.32. The van der Waals surface area contributed by atoms with Crippen LogP contribution < -0.4 is 0 Å². The lowest BCUT2D eigenvalue weighted by Gasteiger charge is -2.31. The molecule has 0 spiro atoms. The highest BCUT2D eigenvalue weighted by molar-refractivity contribution is 5.92. The van der Waals surface area contributed by atoms with E-state index in [4.69, 9.17) is 4.74 Å². The summed E-state index contributed by atoms with van der Waals surface area (Å²) in [6, 6.07) is 1.79. The highest BCUT2D eigenvalue weighted by Crippen LogP contribution is 2.22. The molecule has 4 heterocycles. The van der Waals surface area contributed by atoms with Crippen molar-refractivity contribution in [1.29, 1.82) is 0 Å². The first-order valence-electron chi connectivity index (χ1n) is 9.39. The number of hydrogen-bond donors (Lipinski definition) is 0. The normalized spacial score (nSPS) is 23.3. The molecule has 8 nitrogen and oxygen atoms in total. The molecule has 0 aliphatic carbocycles. The fourth-order valence-corrected chi connectivity index (χ4v) is 4.04. The van der Waals surface area contributed by atoms with Crippen LogP contribution in [-0.4, -0.2) is 74.1 Å². The van der Waals surface area contributed by atoms with Crippen molar-refractivity contribution in [3.8, 4) is 0 Å². The van der Waals surface area contributed by atoms with Crippen LogP contribution in [0.5, 0.6) is 0 Å². The zero-order chi connectivity index (χ0) is 19.0. The minimum absolute atomic E-state index is 0.0147. The van der Waals surface area contributed by atoms with Crippen molar-refractivity contribution in [3.63, 3.8) is 0 Å². The fraction of sp³-hybridized carbons (Fsp3) is 0.579. The van der Waals surface area contributed by atoms with Crippen molar-refractivity contribution in [2.75, 3.05) is 32.8 Å². The van der Waals surface area contributed by atoms with Gasteiger partial charge in [-0.1, -0.05) is 0 Å². The summed E-state index contributed by atoms with van der Waals surface area (Å²) in [5.74, 6) is 1.92. The van der Waals surface area contributed by atoms with Gasteiger partial charge in [0, 0.05) is 50.7 Å². The van der Waals surface area contributed by atoms with Crippen LogP contribution in [0.25, 0.3) is 0 Å². The number of carbonyl (C=O) groups excluding carboxylic acids is 1. The Morgan fingerprint density at radius 1 is 1.22 bits per heavy atom. The molecule has 0 unspecified atom stereocenters. The number of amides is 1. The summed E-state index contributed by atoms with van der Waals surface area (Å²) >= 11 is 0. The quantitative estimate of drug-likeness (QED) is 0.796. The van der Waals surface area contributed by atoms with Crippen molar-refractivity contribution >= 4 is 5.91 Å².